The third-order valence-electron chi connectivity index (χ3n) is 5.42. The second-order valence-electron chi connectivity index (χ2n) is 7.39. The summed E-state index contributed by atoms with van der Waals surface area (Å²) in [6.45, 7) is 0. The monoisotopic (exact) mass is 408 g/mol. The normalized spacial score (nSPS) is 20.3. The lowest BCUT2D eigenvalue weighted by molar-refractivity contribution is 0.363. The number of aliphatic imine (C=N–C) groups is 1. The molecule has 0 saturated heterocycles. The third kappa shape index (κ3) is 4.33. The highest BCUT2D eigenvalue weighted by Gasteiger charge is 2.29. The molecule has 150 valence electrons. The quantitative estimate of drug-likeness (QED) is 0.620. The van der Waals surface area contributed by atoms with E-state index in [0.717, 1.165) is 31.1 Å². The van der Waals surface area contributed by atoms with Gasteiger partial charge < -0.3 is 5.11 Å². The van der Waals surface area contributed by atoms with Gasteiger partial charge >= 0.3 is 0 Å². The van der Waals surface area contributed by atoms with Gasteiger partial charge in [-0.05, 0) is 36.4 Å². The van der Waals surface area contributed by atoms with E-state index < -0.39 is 10.0 Å². The lowest BCUT2D eigenvalue weighted by atomic mass is 9.91. The van der Waals surface area contributed by atoms with Crippen LogP contribution in [-0.4, -0.2) is 31.8 Å². The Morgan fingerprint density at radius 1 is 0.931 bits per heavy atom. The Bertz CT molecular complexity index is 1140. The van der Waals surface area contributed by atoms with Crippen molar-refractivity contribution in [1.29, 1.82) is 0 Å². The highest BCUT2D eigenvalue weighted by molar-refractivity contribution is 7.89. The van der Waals surface area contributed by atoms with E-state index in [1.807, 2.05) is 36.4 Å². The molecule has 1 aliphatic carbocycles. The number of nitrogens with one attached hydrogen (secondary N) is 1. The molecule has 0 aliphatic heterocycles. The number of phenolic OH excluding ortho intramolecular Hbond substituents is 1. The number of nitrogens with zero attached hydrogens (tertiary/aromatic N) is 1. The summed E-state index contributed by atoms with van der Waals surface area (Å²) in [6, 6.07) is 19.4. The van der Waals surface area contributed by atoms with E-state index in [9.17, 15) is 13.5 Å². The molecule has 1 saturated carbocycles. The Balaban J connectivity index is 1.60. The number of sulfonamides is 1. The van der Waals surface area contributed by atoms with Crippen LogP contribution in [0.3, 0.4) is 0 Å². The first-order valence-electron chi connectivity index (χ1n) is 9.86. The van der Waals surface area contributed by atoms with Gasteiger partial charge in [0.2, 0.25) is 10.0 Å². The van der Waals surface area contributed by atoms with Crippen molar-refractivity contribution in [3.8, 4) is 5.75 Å². The number of aromatic hydroxyl groups is 1. The van der Waals surface area contributed by atoms with Crippen molar-refractivity contribution >= 4 is 27.0 Å². The molecule has 0 radical (unpaired) electrons. The molecule has 29 heavy (non-hydrogen) atoms. The van der Waals surface area contributed by atoms with Crippen molar-refractivity contribution in [3.63, 3.8) is 0 Å². The molecule has 6 heteroatoms. The molecule has 0 bridgehead atoms. The van der Waals surface area contributed by atoms with E-state index in [-0.39, 0.29) is 17.8 Å². The summed E-state index contributed by atoms with van der Waals surface area (Å²) in [5, 5.41) is 11.6. The second kappa shape index (κ2) is 8.35. The minimum Gasteiger partial charge on any atom is -0.507 e. The van der Waals surface area contributed by atoms with Gasteiger partial charge in [-0.25, -0.2) is 13.1 Å². The maximum absolute atomic E-state index is 13.2. The highest BCUT2D eigenvalue weighted by atomic mass is 32.2. The Kier molecular flexibility index (Phi) is 5.65. The zero-order chi connectivity index (χ0) is 20.3. The summed E-state index contributed by atoms with van der Waals surface area (Å²) in [5.74, 6) is 0.167. The van der Waals surface area contributed by atoms with Crippen LogP contribution in [0.4, 0.5) is 0 Å². The third-order valence-corrected chi connectivity index (χ3v) is 6.97. The van der Waals surface area contributed by atoms with Crippen LogP contribution in [-0.2, 0) is 10.0 Å². The smallest absolute Gasteiger partial charge is 0.241 e. The number of phenols is 1. The predicted molar refractivity (Wildman–Crippen MR) is 116 cm³/mol. The van der Waals surface area contributed by atoms with E-state index in [1.165, 1.54) is 0 Å². The predicted octanol–water partition coefficient (Wildman–Crippen LogP) is 4.25. The molecule has 4 rings (SSSR count). The number of hydrogen-bond donors (Lipinski definition) is 2. The first kappa shape index (κ1) is 19.6. The Morgan fingerprint density at radius 2 is 1.66 bits per heavy atom. The minimum atomic E-state index is -3.68. The van der Waals surface area contributed by atoms with Gasteiger partial charge in [-0.3, -0.25) is 4.99 Å². The SMILES string of the molecule is O=S(=O)(N[C@@H]1CCCC[C@H]1N=Cc1ccccc1O)c1cccc2ccccc12. The largest absolute Gasteiger partial charge is 0.507 e. The van der Waals surface area contributed by atoms with E-state index >= 15 is 0 Å². The fraction of sp³-hybridized carbons (Fsp3) is 0.261. The molecule has 2 atom stereocenters. The summed E-state index contributed by atoms with van der Waals surface area (Å²) < 4.78 is 29.3. The van der Waals surface area contributed by atoms with E-state index in [1.54, 1.807) is 36.5 Å². The lowest BCUT2D eigenvalue weighted by Crippen LogP contribution is -2.44. The Hall–Kier alpha value is -2.70. The molecule has 1 fully saturated rings. The maximum atomic E-state index is 13.2. The number of hydrogen-bond acceptors (Lipinski definition) is 4. The zero-order valence-corrected chi connectivity index (χ0v) is 16.8. The summed E-state index contributed by atoms with van der Waals surface area (Å²) >= 11 is 0. The molecule has 3 aromatic rings. The topological polar surface area (TPSA) is 78.8 Å². The van der Waals surface area contributed by atoms with Gasteiger partial charge in [0.15, 0.2) is 0 Å². The second-order valence-corrected chi connectivity index (χ2v) is 9.08. The van der Waals surface area contributed by atoms with Crippen molar-refractivity contribution in [2.24, 2.45) is 4.99 Å². The molecule has 1 aliphatic rings. The van der Waals surface area contributed by atoms with Crippen LogP contribution in [0.25, 0.3) is 10.8 Å². The molecule has 2 N–H and O–H groups in total. The van der Waals surface area contributed by atoms with E-state index in [2.05, 4.69) is 9.71 Å². The van der Waals surface area contributed by atoms with Crippen LogP contribution in [0.5, 0.6) is 5.75 Å². The summed E-state index contributed by atoms with van der Waals surface area (Å²) in [5.41, 5.74) is 0.633. The van der Waals surface area contributed by atoms with Crippen LogP contribution in [0.15, 0.2) is 76.6 Å². The molecule has 0 spiro atoms. The zero-order valence-electron chi connectivity index (χ0n) is 16.0. The van der Waals surface area contributed by atoms with Crippen molar-refractivity contribution < 1.29 is 13.5 Å². The molecule has 5 nitrogen and oxygen atoms in total. The molecule has 0 heterocycles. The van der Waals surface area contributed by atoms with Crippen molar-refractivity contribution in [2.45, 2.75) is 42.7 Å². The van der Waals surface area contributed by atoms with Crippen LogP contribution < -0.4 is 4.72 Å². The molecular weight excluding hydrogens is 384 g/mol. The number of fused-ring (bicyclic) bond motifs is 1. The number of rotatable bonds is 5. The van der Waals surface area contributed by atoms with Crippen molar-refractivity contribution in [2.75, 3.05) is 0 Å². The van der Waals surface area contributed by atoms with Gasteiger partial charge in [0.25, 0.3) is 0 Å². The maximum Gasteiger partial charge on any atom is 0.241 e. The van der Waals surface area contributed by atoms with Gasteiger partial charge in [-0.2, -0.15) is 0 Å². The Morgan fingerprint density at radius 3 is 2.52 bits per heavy atom. The Labute approximate surface area is 171 Å². The van der Waals surface area contributed by atoms with Crippen LogP contribution >= 0.6 is 0 Å². The highest BCUT2D eigenvalue weighted by Crippen LogP contribution is 2.27. The van der Waals surface area contributed by atoms with Crippen molar-refractivity contribution in [1.82, 2.24) is 4.72 Å². The van der Waals surface area contributed by atoms with Crippen LogP contribution in [0.2, 0.25) is 0 Å². The van der Waals surface area contributed by atoms with Crippen molar-refractivity contribution in [3.05, 3.63) is 72.3 Å². The molecule has 3 aromatic carbocycles. The van der Waals surface area contributed by atoms with Gasteiger partial charge in [-0.1, -0.05) is 61.4 Å². The summed E-state index contributed by atoms with van der Waals surface area (Å²) in [7, 11) is -3.68. The van der Waals surface area contributed by atoms with Gasteiger partial charge in [0.05, 0.1) is 10.9 Å². The average Bonchev–Trinajstić information content (AvgIpc) is 2.73. The lowest BCUT2D eigenvalue weighted by Gasteiger charge is -2.29. The minimum absolute atomic E-state index is 0.159. The fourth-order valence-corrected chi connectivity index (χ4v) is 5.43. The van der Waals surface area contributed by atoms with Crippen LogP contribution in [0, 0.1) is 0 Å². The molecule has 0 aromatic heterocycles. The van der Waals surface area contributed by atoms with Gasteiger partial charge in [-0.15, -0.1) is 0 Å². The first-order valence-corrected chi connectivity index (χ1v) is 11.3. The molecule has 0 unspecified atom stereocenters. The van der Waals surface area contributed by atoms with Crippen LogP contribution in [0.1, 0.15) is 31.2 Å². The fourth-order valence-electron chi connectivity index (χ4n) is 3.89. The first-order chi connectivity index (χ1) is 14.0. The van der Waals surface area contributed by atoms with E-state index in [0.29, 0.717) is 15.8 Å². The van der Waals surface area contributed by atoms with Gasteiger partial charge in [0, 0.05) is 23.2 Å². The molecule has 0 amide bonds. The number of benzene rings is 3. The van der Waals surface area contributed by atoms with E-state index in [4.69, 9.17) is 0 Å². The molecular formula is C23H24N2O3S. The van der Waals surface area contributed by atoms with Gasteiger partial charge in [0.1, 0.15) is 5.75 Å². The summed E-state index contributed by atoms with van der Waals surface area (Å²) in [6.07, 6.45) is 5.17. The summed E-state index contributed by atoms with van der Waals surface area (Å²) in [4.78, 5) is 4.92. The number of para-hydroxylation sites is 1. The standard InChI is InChI=1S/C23H24N2O3S/c26-22-14-6-2-9-18(22)16-24-20-12-4-5-13-21(20)25-29(27,28)23-15-7-10-17-8-1-3-11-19(17)23/h1-3,6-11,14-16,20-21,25-26H,4-5,12-13H2/t20-,21-/m1/s1. The average molecular weight is 409 g/mol.